The van der Waals surface area contributed by atoms with Crippen LogP contribution in [0.1, 0.15) is 21.5 Å². The topological polar surface area (TPSA) is 139 Å². The molecule has 1 aromatic heterocycles. The van der Waals surface area contributed by atoms with Crippen LogP contribution in [-0.2, 0) is 4.79 Å². The van der Waals surface area contributed by atoms with Crippen LogP contribution in [0.15, 0.2) is 46.8 Å². The molecule has 3 aromatic rings. The predicted octanol–water partition coefficient (Wildman–Crippen LogP) is 3.36. The zero-order valence-electron chi connectivity index (χ0n) is 16.5. The summed E-state index contributed by atoms with van der Waals surface area (Å²) in [5.74, 6) is -1.10. The zero-order chi connectivity index (χ0) is 22.4. The van der Waals surface area contributed by atoms with E-state index < -0.39 is 16.7 Å². The van der Waals surface area contributed by atoms with Crippen molar-refractivity contribution < 1.29 is 14.5 Å². The molecule has 12 heteroatoms. The second kappa shape index (κ2) is 10.00. The Kier molecular flexibility index (Phi) is 7.15. The van der Waals surface area contributed by atoms with E-state index in [9.17, 15) is 19.7 Å². The largest absolute Gasteiger partial charge is 0.330 e. The Morgan fingerprint density at radius 3 is 2.68 bits per heavy atom. The molecule has 3 N–H and O–H groups in total. The van der Waals surface area contributed by atoms with E-state index >= 15 is 0 Å². The maximum absolute atomic E-state index is 12.0. The third kappa shape index (κ3) is 5.99. The van der Waals surface area contributed by atoms with Gasteiger partial charge in [0.05, 0.1) is 10.7 Å². The fourth-order valence-corrected chi connectivity index (χ4v) is 4.01. The van der Waals surface area contributed by atoms with Crippen LogP contribution in [0.25, 0.3) is 0 Å². The van der Waals surface area contributed by atoms with Gasteiger partial charge in [0.25, 0.3) is 11.6 Å². The van der Waals surface area contributed by atoms with E-state index in [2.05, 4.69) is 26.4 Å². The number of nitrogens with one attached hydrogen (secondary N) is 3. The number of anilines is 2. The van der Waals surface area contributed by atoms with E-state index in [1.807, 2.05) is 32.0 Å². The number of nitro groups is 1. The Balaban J connectivity index is 1.48. The smallest absolute Gasteiger partial charge is 0.270 e. The molecule has 1 heterocycles. The first kappa shape index (κ1) is 22.2. The minimum absolute atomic E-state index is 0.00727. The first-order chi connectivity index (χ1) is 14.8. The first-order valence-electron chi connectivity index (χ1n) is 8.96. The van der Waals surface area contributed by atoms with Crippen molar-refractivity contribution in [2.75, 3.05) is 11.1 Å². The van der Waals surface area contributed by atoms with Crippen LogP contribution >= 0.6 is 23.1 Å². The summed E-state index contributed by atoms with van der Waals surface area (Å²) in [4.78, 5) is 34.2. The van der Waals surface area contributed by atoms with E-state index in [-0.39, 0.29) is 17.0 Å². The second-order valence-electron chi connectivity index (χ2n) is 6.34. The van der Waals surface area contributed by atoms with Gasteiger partial charge in [0.1, 0.15) is 0 Å². The molecule has 0 unspecified atom stereocenters. The molecule has 31 heavy (non-hydrogen) atoms. The Bertz CT molecular complexity index is 1130. The van der Waals surface area contributed by atoms with Crippen LogP contribution in [-0.4, -0.2) is 32.7 Å². The van der Waals surface area contributed by atoms with Crippen molar-refractivity contribution in [1.82, 2.24) is 21.0 Å². The van der Waals surface area contributed by atoms with Gasteiger partial charge in [0, 0.05) is 23.4 Å². The van der Waals surface area contributed by atoms with Crippen molar-refractivity contribution in [2.24, 2.45) is 0 Å². The molecule has 10 nitrogen and oxygen atoms in total. The lowest BCUT2D eigenvalue weighted by molar-refractivity contribution is -0.384. The number of hydrogen-bond acceptors (Lipinski definition) is 9. The summed E-state index contributed by atoms with van der Waals surface area (Å²) >= 11 is 2.48. The number of benzene rings is 2. The van der Waals surface area contributed by atoms with Crippen molar-refractivity contribution in [3.05, 3.63) is 69.3 Å². The highest BCUT2D eigenvalue weighted by Crippen LogP contribution is 2.29. The molecule has 0 spiro atoms. The monoisotopic (exact) mass is 458 g/mol. The number of amides is 2. The number of rotatable bonds is 7. The fraction of sp³-hybridized carbons (Fsp3) is 0.158. The number of carbonyl (C=O) groups is 2. The van der Waals surface area contributed by atoms with Crippen LogP contribution < -0.4 is 16.2 Å². The van der Waals surface area contributed by atoms with Gasteiger partial charge in [-0.15, -0.1) is 10.2 Å². The highest BCUT2D eigenvalue weighted by molar-refractivity contribution is 8.01. The van der Waals surface area contributed by atoms with Crippen LogP contribution in [0.4, 0.5) is 16.5 Å². The lowest BCUT2D eigenvalue weighted by Crippen LogP contribution is -2.42. The molecule has 0 atom stereocenters. The van der Waals surface area contributed by atoms with Crippen LogP contribution in [0.5, 0.6) is 0 Å². The molecule has 0 aliphatic carbocycles. The summed E-state index contributed by atoms with van der Waals surface area (Å²) in [6.07, 6.45) is 0. The van der Waals surface area contributed by atoms with E-state index in [1.54, 1.807) is 0 Å². The van der Waals surface area contributed by atoms with E-state index in [1.165, 1.54) is 41.3 Å². The molecular formula is C19H18N6O4S2. The number of nitro benzene ring substituents is 1. The highest BCUT2D eigenvalue weighted by atomic mass is 32.2. The lowest BCUT2D eigenvalue weighted by atomic mass is 10.1. The number of hydrogen-bond donors (Lipinski definition) is 3. The van der Waals surface area contributed by atoms with Crippen molar-refractivity contribution in [2.45, 2.75) is 18.2 Å². The SMILES string of the molecule is Cc1cccc(Nc2nnc(SCC(=O)NNC(=O)c3cccc([N+](=O)[O-])c3)s2)c1C. The van der Waals surface area contributed by atoms with Gasteiger partial charge in [-0.3, -0.25) is 30.6 Å². The molecule has 0 fully saturated rings. The maximum atomic E-state index is 12.0. The van der Waals surface area contributed by atoms with Gasteiger partial charge in [-0.25, -0.2) is 0 Å². The average molecular weight is 459 g/mol. The van der Waals surface area contributed by atoms with E-state index in [0.29, 0.717) is 9.47 Å². The Hall–Kier alpha value is -3.51. The third-order valence-electron chi connectivity index (χ3n) is 4.21. The molecular weight excluding hydrogens is 440 g/mol. The number of carbonyl (C=O) groups excluding carboxylic acids is 2. The third-order valence-corrected chi connectivity index (χ3v) is 6.19. The number of nitrogens with zero attached hydrogens (tertiary/aromatic N) is 3. The normalized spacial score (nSPS) is 10.4. The van der Waals surface area contributed by atoms with Crippen molar-refractivity contribution >= 4 is 51.4 Å². The molecule has 2 aromatic carbocycles. The standard InChI is InChI=1S/C19H18N6O4S2/c1-11-5-3-8-15(12(11)2)20-18-23-24-19(31-18)30-10-16(26)21-22-17(27)13-6-4-7-14(9-13)25(28)29/h3-9H,10H2,1-2H3,(H,20,23)(H,21,26)(H,22,27). The predicted molar refractivity (Wildman–Crippen MR) is 119 cm³/mol. The van der Waals surface area contributed by atoms with E-state index in [4.69, 9.17) is 0 Å². The van der Waals surface area contributed by atoms with Gasteiger partial charge in [0.15, 0.2) is 4.34 Å². The van der Waals surface area contributed by atoms with E-state index in [0.717, 1.165) is 22.9 Å². The van der Waals surface area contributed by atoms with Gasteiger partial charge in [-0.2, -0.15) is 0 Å². The molecule has 0 aliphatic heterocycles. The fourth-order valence-electron chi connectivity index (χ4n) is 2.44. The molecule has 3 rings (SSSR count). The second-order valence-corrected chi connectivity index (χ2v) is 8.54. The Morgan fingerprint density at radius 1 is 1.13 bits per heavy atom. The molecule has 2 amide bonds. The Morgan fingerprint density at radius 2 is 1.90 bits per heavy atom. The number of non-ortho nitro benzene ring substituents is 1. The van der Waals surface area contributed by atoms with Gasteiger partial charge in [-0.1, -0.05) is 41.3 Å². The van der Waals surface area contributed by atoms with Crippen molar-refractivity contribution in [3.8, 4) is 0 Å². The quantitative estimate of drug-likeness (QED) is 0.278. The number of aryl methyl sites for hydroxylation is 1. The minimum Gasteiger partial charge on any atom is -0.330 e. The summed E-state index contributed by atoms with van der Waals surface area (Å²) in [6.45, 7) is 4.04. The Labute approximate surface area is 185 Å². The summed E-state index contributed by atoms with van der Waals surface area (Å²) in [7, 11) is 0. The molecule has 160 valence electrons. The molecule has 0 radical (unpaired) electrons. The number of aromatic nitrogens is 2. The number of thioether (sulfide) groups is 1. The highest BCUT2D eigenvalue weighted by Gasteiger charge is 2.13. The molecule has 0 saturated heterocycles. The van der Waals surface area contributed by atoms with Gasteiger partial charge in [-0.05, 0) is 37.1 Å². The van der Waals surface area contributed by atoms with Crippen LogP contribution in [0.3, 0.4) is 0 Å². The summed E-state index contributed by atoms with van der Waals surface area (Å²) in [6, 6.07) is 11.1. The summed E-state index contributed by atoms with van der Waals surface area (Å²) in [5.41, 5.74) is 7.57. The molecule has 0 aliphatic rings. The van der Waals surface area contributed by atoms with Gasteiger partial charge >= 0.3 is 0 Å². The summed E-state index contributed by atoms with van der Waals surface area (Å²) in [5, 5.41) is 22.7. The minimum atomic E-state index is -0.655. The van der Waals surface area contributed by atoms with Crippen molar-refractivity contribution in [3.63, 3.8) is 0 Å². The number of hydrazine groups is 1. The molecule has 0 saturated carbocycles. The summed E-state index contributed by atoms with van der Waals surface area (Å²) < 4.78 is 0.591. The zero-order valence-corrected chi connectivity index (χ0v) is 18.2. The average Bonchev–Trinajstić information content (AvgIpc) is 3.21. The lowest BCUT2D eigenvalue weighted by Gasteiger charge is -2.08. The van der Waals surface area contributed by atoms with Gasteiger partial charge < -0.3 is 5.32 Å². The van der Waals surface area contributed by atoms with Crippen LogP contribution in [0, 0.1) is 24.0 Å². The van der Waals surface area contributed by atoms with Gasteiger partial charge in [0.2, 0.25) is 11.0 Å². The van der Waals surface area contributed by atoms with Crippen LogP contribution in [0.2, 0.25) is 0 Å². The molecule has 0 bridgehead atoms. The first-order valence-corrected chi connectivity index (χ1v) is 10.8. The maximum Gasteiger partial charge on any atom is 0.270 e. The van der Waals surface area contributed by atoms with Crippen molar-refractivity contribution in [1.29, 1.82) is 0 Å².